The van der Waals surface area contributed by atoms with Gasteiger partial charge in [-0.2, -0.15) is 0 Å². The fourth-order valence-corrected chi connectivity index (χ4v) is 5.53. The normalized spacial score (nSPS) is 13.8. The van der Waals surface area contributed by atoms with Gasteiger partial charge in [0.2, 0.25) is 0 Å². The molecule has 30 heavy (non-hydrogen) atoms. The molecule has 2 unspecified atom stereocenters. The van der Waals surface area contributed by atoms with Crippen molar-refractivity contribution >= 4 is 9.28 Å². The first-order valence-corrected chi connectivity index (χ1v) is 15.4. The van der Waals surface area contributed by atoms with Gasteiger partial charge in [0, 0.05) is 6.04 Å². The first-order valence-electron chi connectivity index (χ1n) is 13.7. The van der Waals surface area contributed by atoms with E-state index in [-0.39, 0.29) is 5.54 Å². The molecule has 0 aliphatic rings. The number of hydrogen-bond donors (Lipinski definition) is 3. The first kappa shape index (κ1) is 30.1. The highest BCUT2D eigenvalue weighted by Crippen LogP contribution is 2.25. The van der Waals surface area contributed by atoms with E-state index in [1.54, 1.807) is 0 Å². The van der Waals surface area contributed by atoms with Gasteiger partial charge >= 0.3 is 9.28 Å². The average Bonchev–Trinajstić information content (AvgIpc) is 2.73. The lowest BCUT2D eigenvalue weighted by atomic mass is 10.0. The fourth-order valence-electron chi connectivity index (χ4n) is 4.47. The van der Waals surface area contributed by atoms with Crippen LogP contribution in [0.25, 0.3) is 0 Å². The van der Waals surface area contributed by atoms with Crippen LogP contribution in [0.3, 0.4) is 0 Å². The van der Waals surface area contributed by atoms with Gasteiger partial charge in [-0.25, -0.2) is 0 Å². The van der Waals surface area contributed by atoms with E-state index in [9.17, 15) is 9.59 Å². The second kappa shape index (κ2) is 23.8. The second-order valence-corrected chi connectivity index (χ2v) is 11.5. The van der Waals surface area contributed by atoms with E-state index >= 15 is 0 Å². The van der Waals surface area contributed by atoms with E-state index in [1.807, 2.05) is 0 Å². The van der Waals surface area contributed by atoms with Crippen LogP contribution < -0.4 is 5.73 Å². The molecule has 0 aromatic heterocycles. The van der Waals surface area contributed by atoms with Crippen molar-refractivity contribution in [2.75, 3.05) is 0 Å². The minimum atomic E-state index is -2.46. The van der Waals surface area contributed by atoms with Crippen molar-refractivity contribution in [1.29, 1.82) is 0 Å². The van der Waals surface area contributed by atoms with E-state index in [0.29, 0.717) is 6.04 Å². The highest BCUT2D eigenvalue weighted by Gasteiger charge is 2.18. The number of unbranched alkanes of at least 4 members (excludes halogenated alkanes) is 15. The van der Waals surface area contributed by atoms with E-state index in [0.717, 1.165) is 12.8 Å². The van der Waals surface area contributed by atoms with Gasteiger partial charge in [-0.05, 0) is 31.2 Å². The summed E-state index contributed by atoms with van der Waals surface area (Å²) in [6.07, 6.45) is 28.0. The summed E-state index contributed by atoms with van der Waals surface area (Å²) in [6, 6.07) is 0.431. The summed E-state index contributed by atoms with van der Waals surface area (Å²) in [4.78, 5) is 19.6. The quantitative estimate of drug-likeness (QED) is 0.107. The Morgan fingerprint density at radius 2 is 0.833 bits per heavy atom. The molecule has 3 nitrogen and oxygen atoms in total. The smallest absolute Gasteiger partial charge is 0.319 e. The summed E-state index contributed by atoms with van der Waals surface area (Å²) in [5.74, 6) is 0. The standard InChI is InChI=1S/C26H57NO2Si/c1-3-5-7-8-12-16-19-23-26(30(28)29)24-20-17-14-11-9-10-13-15-18-22-25(27)21-6-4-2/h25-26,28-30H,3-24,27H2,1-2H3. The van der Waals surface area contributed by atoms with Crippen LogP contribution in [0, 0.1) is 0 Å². The third-order valence-electron chi connectivity index (χ3n) is 6.68. The molecule has 0 aromatic rings. The van der Waals surface area contributed by atoms with Gasteiger partial charge < -0.3 is 15.3 Å². The van der Waals surface area contributed by atoms with Gasteiger partial charge in [-0.15, -0.1) is 0 Å². The van der Waals surface area contributed by atoms with Crippen LogP contribution in [0.5, 0.6) is 0 Å². The largest absolute Gasteiger partial charge is 0.413 e. The topological polar surface area (TPSA) is 66.5 Å². The fraction of sp³-hybridized carbons (Fsp3) is 1.00. The van der Waals surface area contributed by atoms with Crippen molar-refractivity contribution in [2.24, 2.45) is 5.73 Å². The Morgan fingerprint density at radius 3 is 1.23 bits per heavy atom. The average molecular weight is 444 g/mol. The number of nitrogens with two attached hydrogens (primary N) is 1. The minimum absolute atomic E-state index is 0.226. The lowest BCUT2D eigenvalue weighted by molar-refractivity contribution is 0.364. The molecule has 0 fully saturated rings. The zero-order chi connectivity index (χ0) is 22.3. The second-order valence-electron chi connectivity index (χ2n) is 9.75. The van der Waals surface area contributed by atoms with Crippen molar-refractivity contribution in [3.8, 4) is 0 Å². The van der Waals surface area contributed by atoms with E-state index in [1.165, 1.54) is 128 Å². The van der Waals surface area contributed by atoms with Crippen molar-refractivity contribution < 1.29 is 9.59 Å². The van der Waals surface area contributed by atoms with E-state index < -0.39 is 9.28 Å². The maximum Gasteiger partial charge on any atom is 0.319 e. The summed E-state index contributed by atoms with van der Waals surface area (Å²) < 4.78 is 0. The molecule has 0 saturated heterocycles. The molecule has 4 heteroatoms. The summed E-state index contributed by atoms with van der Waals surface area (Å²) in [7, 11) is -2.46. The summed E-state index contributed by atoms with van der Waals surface area (Å²) >= 11 is 0. The van der Waals surface area contributed by atoms with Gasteiger partial charge in [0.15, 0.2) is 0 Å². The molecule has 0 saturated carbocycles. The zero-order valence-corrected chi connectivity index (χ0v) is 21.9. The summed E-state index contributed by atoms with van der Waals surface area (Å²) in [6.45, 7) is 4.49. The number of rotatable bonds is 24. The van der Waals surface area contributed by atoms with Crippen LogP contribution in [0.15, 0.2) is 0 Å². The predicted molar refractivity (Wildman–Crippen MR) is 136 cm³/mol. The predicted octanol–water partition coefficient (Wildman–Crippen LogP) is 7.51. The lowest BCUT2D eigenvalue weighted by Gasteiger charge is -2.17. The van der Waals surface area contributed by atoms with E-state index in [4.69, 9.17) is 5.73 Å². The van der Waals surface area contributed by atoms with Crippen molar-refractivity contribution in [3.63, 3.8) is 0 Å². The Bertz CT molecular complexity index is 328. The molecule has 0 radical (unpaired) electrons. The van der Waals surface area contributed by atoms with Crippen LogP contribution >= 0.6 is 0 Å². The SMILES string of the molecule is CCCCCCCCCC(CCCCCCCCCCCC(N)CCCC)[SiH](O)O. The maximum atomic E-state index is 9.79. The van der Waals surface area contributed by atoms with Crippen molar-refractivity contribution in [3.05, 3.63) is 0 Å². The molecule has 0 bridgehead atoms. The third-order valence-corrected chi connectivity index (χ3v) is 8.19. The molecule has 182 valence electrons. The third kappa shape index (κ3) is 21.3. The Balaban J connectivity index is 3.44. The Hall–Kier alpha value is 0.0969. The maximum absolute atomic E-state index is 9.79. The first-order chi connectivity index (χ1) is 14.6. The van der Waals surface area contributed by atoms with Crippen LogP contribution in [-0.2, 0) is 0 Å². The Labute approximate surface area is 191 Å². The van der Waals surface area contributed by atoms with Gasteiger partial charge in [-0.1, -0.05) is 129 Å². The Kier molecular flexibility index (Phi) is 23.8. The van der Waals surface area contributed by atoms with Gasteiger partial charge in [0.05, 0.1) is 0 Å². The molecule has 4 N–H and O–H groups in total. The molecule has 0 spiro atoms. The van der Waals surface area contributed by atoms with Crippen LogP contribution in [-0.4, -0.2) is 24.9 Å². The molecule has 0 aliphatic carbocycles. The lowest BCUT2D eigenvalue weighted by Crippen LogP contribution is -2.20. The van der Waals surface area contributed by atoms with Gasteiger partial charge in [-0.3, -0.25) is 0 Å². The zero-order valence-electron chi connectivity index (χ0n) is 20.8. The molecule has 0 aromatic carbocycles. The molecule has 0 rings (SSSR count). The molecular formula is C26H57NO2Si. The molecule has 2 atom stereocenters. The van der Waals surface area contributed by atoms with E-state index in [2.05, 4.69) is 13.8 Å². The highest BCUT2D eigenvalue weighted by molar-refractivity contribution is 6.43. The number of hydrogen-bond acceptors (Lipinski definition) is 3. The molecular weight excluding hydrogens is 386 g/mol. The minimum Gasteiger partial charge on any atom is -0.413 e. The van der Waals surface area contributed by atoms with Crippen LogP contribution in [0.1, 0.15) is 155 Å². The molecule has 0 amide bonds. The molecule has 0 aliphatic heterocycles. The van der Waals surface area contributed by atoms with Crippen molar-refractivity contribution in [1.82, 2.24) is 0 Å². The van der Waals surface area contributed by atoms with Gasteiger partial charge in [0.1, 0.15) is 0 Å². The van der Waals surface area contributed by atoms with Crippen LogP contribution in [0.2, 0.25) is 5.54 Å². The summed E-state index contributed by atoms with van der Waals surface area (Å²) in [5, 5.41) is 0. The van der Waals surface area contributed by atoms with Crippen LogP contribution in [0.4, 0.5) is 0 Å². The summed E-state index contributed by atoms with van der Waals surface area (Å²) in [5.41, 5.74) is 6.36. The monoisotopic (exact) mass is 443 g/mol. The Morgan fingerprint density at radius 1 is 0.500 bits per heavy atom. The van der Waals surface area contributed by atoms with Crippen molar-refractivity contribution in [2.45, 2.75) is 167 Å². The highest BCUT2D eigenvalue weighted by atomic mass is 28.3. The molecule has 0 heterocycles. The van der Waals surface area contributed by atoms with Gasteiger partial charge in [0.25, 0.3) is 0 Å².